The van der Waals surface area contributed by atoms with Crippen molar-refractivity contribution in [2.24, 2.45) is 0 Å². The molecule has 1 aromatic heterocycles. The van der Waals surface area contributed by atoms with Crippen LogP contribution in [0.5, 0.6) is 0 Å². The minimum atomic E-state index is 0.447. The Bertz CT molecular complexity index is 498. The zero-order chi connectivity index (χ0) is 11.7. The smallest absolute Gasteiger partial charge is 0.0995 e. The summed E-state index contributed by atoms with van der Waals surface area (Å²) in [5, 5.41) is 0. The molecule has 0 saturated heterocycles. The van der Waals surface area contributed by atoms with Crippen molar-refractivity contribution in [3.8, 4) is 5.69 Å². The molecule has 0 saturated carbocycles. The first kappa shape index (κ1) is 10.7. The van der Waals surface area contributed by atoms with Gasteiger partial charge in [-0.1, -0.05) is 19.9 Å². The van der Waals surface area contributed by atoms with Crippen LogP contribution < -0.4 is 5.73 Å². The number of aromatic nitrogens is 2. The summed E-state index contributed by atoms with van der Waals surface area (Å²) in [6, 6.07) is 5.92. The lowest BCUT2D eigenvalue weighted by atomic mass is 10.1. The van der Waals surface area contributed by atoms with Gasteiger partial charge in [0.1, 0.15) is 0 Å². The lowest BCUT2D eigenvalue weighted by Gasteiger charge is -2.07. The molecule has 1 heterocycles. The second kappa shape index (κ2) is 4.00. The maximum atomic E-state index is 5.80. The summed E-state index contributed by atoms with van der Waals surface area (Å²) >= 11 is 0. The zero-order valence-corrected chi connectivity index (χ0v) is 9.94. The van der Waals surface area contributed by atoms with Gasteiger partial charge < -0.3 is 10.3 Å². The van der Waals surface area contributed by atoms with Crippen molar-refractivity contribution in [2.75, 3.05) is 5.73 Å². The summed E-state index contributed by atoms with van der Waals surface area (Å²) in [7, 11) is 0. The average Bonchev–Trinajstić information content (AvgIpc) is 2.70. The molecule has 1 aromatic carbocycles. The number of rotatable bonds is 2. The monoisotopic (exact) mass is 215 g/mol. The van der Waals surface area contributed by atoms with Gasteiger partial charge in [-0.05, 0) is 30.5 Å². The Morgan fingerprint density at radius 3 is 2.69 bits per heavy atom. The van der Waals surface area contributed by atoms with Crippen molar-refractivity contribution in [1.82, 2.24) is 9.55 Å². The minimum Gasteiger partial charge on any atom is -0.399 e. The zero-order valence-electron chi connectivity index (χ0n) is 9.94. The van der Waals surface area contributed by atoms with E-state index in [0.29, 0.717) is 5.92 Å². The van der Waals surface area contributed by atoms with E-state index >= 15 is 0 Å². The molecule has 84 valence electrons. The number of hydrogen-bond acceptors (Lipinski definition) is 2. The molecule has 0 amide bonds. The van der Waals surface area contributed by atoms with Gasteiger partial charge in [-0.2, -0.15) is 0 Å². The summed E-state index contributed by atoms with van der Waals surface area (Å²) in [4.78, 5) is 4.38. The summed E-state index contributed by atoms with van der Waals surface area (Å²) in [6.07, 6.45) is 3.91. The number of hydrogen-bond donors (Lipinski definition) is 1. The van der Waals surface area contributed by atoms with Crippen LogP contribution in [0.15, 0.2) is 30.7 Å². The van der Waals surface area contributed by atoms with Crippen LogP contribution >= 0.6 is 0 Å². The maximum absolute atomic E-state index is 5.80. The Morgan fingerprint density at radius 2 is 2.06 bits per heavy atom. The predicted molar refractivity (Wildman–Crippen MR) is 66.8 cm³/mol. The SMILES string of the molecule is Cc1ccc(N)cc1-n1cnc(C(C)C)c1. The van der Waals surface area contributed by atoms with Crippen molar-refractivity contribution in [3.05, 3.63) is 42.0 Å². The van der Waals surface area contributed by atoms with Crippen LogP contribution in [-0.4, -0.2) is 9.55 Å². The number of anilines is 1. The second-order valence-electron chi connectivity index (χ2n) is 4.41. The van der Waals surface area contributed by atoms with Gasteiger partial charge in [0.15, 0.2) is 0 Å². The van der Waals surface area contributed by atoms with E-state index in [2.05, 4.69) is 32.0 Å². The van der Waals surface area contributed by atoms with Gasteiger partial charge in [0.2, 0.25) is 0 Å². The highest BCUT2D eigenvalue weighted by Crippen LogP contribution is 2.19. The molecule has 0 aliphatic rings. The first-order valence-corrected chi connectivity index (χ1v) is 5.48. The molecular formula is C13H17N3. The number of nitrogens with two attached hydrogens (primary N) is 1. The molecule has 0 aliphatic heterocycles. The molecule has 16 heavy (non-hydrogen) atoms. The molecular weight excluding hydrogens is 198 g/mol. The fourth-order valence-corrected chi connectivity index (χ4v) is 1.67. The topological polar surface area (TPSA) is 43.8 Å². The number of benzene rings is 1. The van der Waals surface area contributed by atoms with Crippen molar-refractivity contribution in [3.63, 3.8) is 0 Å². The maximum Gasteiger partial charge on any atom is 0.0995 e. The number of nitrogen functional groups attached to an aromatic ring is 1. The van der Waals surface area contributed by atoms with E-state index in [1.807, 2.05) is 29.1 Å². The fourth-order valence-electron chi connectivity index (χ4n) is 1.67. The summed E-state index contributed by atoms with van der Waals surface area (Å²) in [6.45, 7) is 6.35. The number of imidazole rings is 1. The Balaban J connectivity index is 2.46. The number of aryl methyl sites for hydroxylation is 1. The van der Waals surface area contributed by atoms with Crippen LogP contribution in [0, 0.1) is 6.92 Å². The number of nitrogens with zero attached hydrogens (tertiary/aromatic N) is 2. The molecule has 2 N–H and O–H groups in total. The minimum absolute atomic E-state index is 0.447. The molecule has 2 aromatic rings. The van der Waals surface area contributed by atoms with Gasteiger partial charge in [-0.25, -0.2) is 4.98 Å². The van der Waals surface area contributed by atoms with Crippen LogP contribution in [0.2, 0.25) is 0 Å². The van der Waals surface area contributed by atoms with Crippen LogP contribution in [0.4, 0.5) is 5.69 Å². The quantitative estimate of drug-likeness (QED) is 0.783. The second-order valence-corrected chi connectivity index (χ2v) is 4.41. The summed E-state index contributed by atoms with van der Waals surface area (Å²) < 4.78 is 2.03. The highest BCUT2D eigenvalue weighted by Gasteiger charge is 2.06. The molecule has 0 unspecified atom stereocenters. The standard InChI is InChI=1S/C13H17N3/c1-9(2)12-7-16(8-15-12)13-6-11(14)5-4-10(13)3/h4-9H,14H2,1-3H3. The molecule has 0 spiro atoms. The predicted octanol–water partition coefficient (Wildman–Crippen LogP) is 2.89. The van der Waals surface area contributed by atoms with Gasteiger partial charge in [-0.3, -0.25) is 0 Å². The third-order valence-corrected chi connectivity index (χ3v) is 2.71. The van der Waals surface area contributed by atoms with E-state index in [-0.39, 0.29) is 0 Å². The largest absolute Gasteiger partial charge is 0.399 e. The highest BCUT2D eigenvalue weighted by atomic mass is 15.0. The molecule has 0 atom stereocenters. The first-order chi connectivity index (χ1) is 7.58. The Morgan fingerprint density at radius 1 is 1.31 bits per heavy atom. The Kier molecular flexibility index (Phi) is 2.69. The van der Waals surface area contributed by atoms with Gasteiger partial charge in [0.05, 0.1) is 17.7 Å². The molecule has 2 rings (SSSR count). The van der Waals surface area contributed by atoms with Crippen molar-refractivity contribution in [2.45, 2.75) is 26.7 Å². The summed E-state index contributed by atoms with van der Waals surface area (Å²) in [5.41, 5.74) is 9.97. The van der Waals surface area contributed by atoms with E-state index in [1.54, 1.807) is 0 Å². The van der Waals surface area contributed by atoms with Gasteiger partial charge in [-0.15, -0.1) is 0 Å². The van der Waals surface area contributed by atoms with Crippen molar-refractivity contribution in [1.29, 1.82) is 0 Å². The highest BCUT2D eigenvalue weighted by molar-refractivity contribution is 5.52. The molecule has 0 aliphatic carbocycles. The lowest BCUT2D eigenvalue weighted by molar-refractivity contribution is 0.831. The molecule has 0 bridgehead atoms. The molecule has 3 nitrogen and oxygen atoms in total. The third-order valence-electron chi connectivity index (χ3n) is 2.71. The summed E-state index contributed by atoms with van der Waals surface area (Å²) in [5.74, 6) is 0.447. The van der Waals surface area contributed by atoms with E-state index in [1.165, 1.54) is 5.56 Å². The molecule has 0 radical (unpaired) electrons. The van der Waals surface area contributed by atoms with Crippen molar-refractivity contribution < 1.29 is 0 Å². The van der Waals surface area contributed by atoms with Gasteiger partial charge >= 0.3 is 0 Å². The van der Waals surface area contributed by atoms with Gasteiger partial charge in [0.25, 0.3) is 0 Å². The molecule has 3 heteroatoms. The van der Waals surface area contributed by atoms with Crippen LogP contribution in [0.3, 0.4) is 0 Å². The van der Waals surface area contributed by atoms with Crippen LogP contribution in [0.1, 0.15) is 31.0 Å². The Hall–Kier alpha value is -1.77. The average molecular weight is 215 g/mol. The van der Waals surface area contributed by atoms with Crippen molar-refractivity contribution >= 4 is 5.69 Å². The first-order valence-electron chi connectivity index (χ1n) is 5.48. The van der Waals surface area contributed by atoms with Crippen LogP contribution in [0.25, 0.3) is 5.69 Å². The molecule has 0 fully saturated rings. The Labute approximate surface area is 95.9 Å². The van der Waals surface area contributed by atoms with E-state index in [0.717, 1.165) is 17.1 Å². The van der Waals surface area contributed by atoms with Crippen LogP contribution in [-0.2, 0) is 0 Å². The van der Waals surface area contributed by atoms with E-state index in [9.17, 15) is 0 Å². The van der Waals surface area contributed by atoms with Gasteiger partial charge in [0, 0.05) is 11.9 Å². The lowest BCUT2D eigenvalue weighted by Crippen LogP contribution is -1.96. The fraction of sp³-hybridized carbons (Fsp3) is 0.308. The normalized spacial score (nSPS) is 11.0. The van der Waals surface area contributed by atoms with E-state index in [4.69, 9.17) is 5.73 Å². The third kappa shape index (κ3) is 1.94. The van der Waals surface area contributed by atoms with E-state index < -0.39 is 0 Å².